The summed E-state index contributed by atoms with van der Waals surface area (Å²) in [6.07, 6.45) is 1.88. The van der Waals surface area contributed by atoms with Crippen LogP contribution >= 0.6 is 0 Å². The molecule has 1 amide bonds. The van der Waals surface area contributed by atoms with Crippen molar-refractivity contribution in [1.82, 2.24) is 4.90 Å². The number of para-hydroxylation sites is 2. The van der Waals surface area contributed by atoms with E-state index in [1.165, 1.54) is 16.7 Å². The van der Waals surface area contributed by atoms with Crippen molar-refractivity contribution in [2.24, 2.45) is 0 Å². The number of carbonyl (C=O) groups is 1. The van der Waals surface area contributed by atoms with Gasteiger partial charge in [0.1, 0.15) is 0 Å². The number of fused-ring (bicyclic) bond motifs is 2. The molecule has 0 N–H and O–H groups in total. The fraction of sp³-hybridized carbons (Fsp3) is 0.269. The predicted molar refractivity (Wildman–Crippen MR) is 119 cm³/mol. The molecule has 0 radical (unpaired) electrons. The van der Waals surface area contributed by atoms with Crippen molar-refractivity contribution in [1.29, 1.82) is 0 Å². The minimum absolute atomic E-state index is 0.0229. The Bertz CT molecular complexity index is 991. The van der Waals surface area contributed by atoms with Crippen molar-refractivity contribution in [3.05, 3.63) is 95.1 Å². The lowest BCUT2D eigenvalue weighted by Crippen LogP contribution is -2.35. The van der Waals surface area contributed by atoms with Crippen LogP contribution in [0.2, 0.25) is 0 Å². The van der Waals surface area contributed by atoms with E-state index in [2.05, 4.69) is 53.4 Å². The van der Waals surface area contributed by atoms with E-state index in [0.29, 0.717) is 5.56 Å². The van der Waals surface area contributed by atoms with E-state index in [0.717, 1.165) is 57.1 Å². The van der Waals surface area contributed by atoms with Crippen LogP contribution in [-0.2, 0) is 24.1 Å². The SMILES string of the molecule is O=C(c1ccc(CN2CCOCC2)cc1)N1c2ccccc2CCc2ccccc21. The molecule has 3 aromatic rings. The molecule has 0 aromatic heterocycles. The summed E-state index contributed by atoms with van der Waals surface area (Å²) in [5, 5.41) is 0. The van der Waals surface area contributed by atoms with Gasteiger partial charge in [0.25, 0.3) is 5.91 Å². The van der Waals surface area contributed by atoms with Crippen molar-refractivity contribution >= 4 is 17.3 Å². The average Bonchev–Trinajstić information content (AvgIpc) is 2.97. The first-order valence-electron chi connectivity index (χ1n) is 10.7. The molecule has 3 aromatic carbocycles. The molecule has 0 spiro atoms. The molecular weight excluding hydrogens is 372 g/mol. The molecule has 0 aliphatic carbocycles. The second-order valence-corrected chi connectivity index (χ2v) is 7.98. The Morgan fingerprint density at radius 1 is 0.767 bits per heavy atom. The van der Waals surface area contributed by atoms with Gasteiger partial charge in [-0.3, -0.25) is 14.6 Å². The van der Waals surface area contributed by atoms with E-state index in [1.807, 2.05) is 29.2 Å². The largest absolute Gasteiger partial charge is 0.379 e. The van der Waals surface area contributed by atoms with Crippen molar-refractivity contribution in [3.63, 3.8) is 0 Å². The highest BCUT2D eigenvalue weighted by Gasteiger charge is 2.26. The Morgan fingerprint density at radius 3 is 1.93 bits per heavy atom. The van der Waals surface area contributed by atoms with Crippen molar-refractivity contribution in [2.45, 2.75) is 19.4 Å². The van der Waals surface area contributed by atoms with Crippen molar-refractivity contribution < 1.29 is 9.53 Å². The van der Waals surface area contributed by atoms with Crippen LogP contribution in [0.5, 0.6) is 0 Å². The smallest absolute Gasteiger partial charge is 0.262 e. The number of benzene rings is 3. The molecule has 4 nitrogen and oxygen atoms in total. The molecule has 0 saturated carbocycles. The highest BCUT2D eigenvalue weighted by molar-refractivity contribution is 6.12. The number of anilines is 2. The molecule has 4 heteroatoms. The number of hydrogen-bond donors (Lipinski definition) is 0. The fourth-order valence-electron chi connectivity index (χ4n) is 4.40. The molecule has 2 aliphatic rings. The van der Waals surface area contributed by atoms with E-state index in [9.17, 15) is 4.79 Å². The van der Waals surface area contributed by atoms with Gasteiger partial charge in [-0.1, -0.05) is 48.5 Å². The van der Waals surface area contributed by atoms with Gasteiger partial charge in [0.05, 0.1) is 24.6 Å². The summed E-state index contributed by atoms with van der Waals surface area (Å²) in [6.45, 7) is 4.41. The first-order valence-corrected chi connectivity index (χ1v) is 10.7. The number of carbonyl (C=O) groups excluding carboxylic acids is 1. The summed E-state index contributed by atoms with van der Waals surface area (Å²) in [5.41, 5.74) is 6.35. The van der Waals surface area contributed by atoms with Crippen molar-refractivity contribution in [3.8, 4) is 0 Å². The van der Waals surface area contributed by atoms with Gasteiger partial charge in [0, 0.05) is 25.2 Å². The number of morpholine rings is 1. The predicted octanol–water partition coefficient (Wildman–Crippen LogP) is 4.60. The normalized spacial score (nSPS) is 16.5. The van der Waals surface area contributed by atoms with Crippen LogP contribution in [0.4, 0.5) is 11.4 Å². The Kier molecular flexibility index (Phi) is 5.35. The molecule has 2 aliphatic heterocycles. The van der Waals surface area contributed by atoms with Gasteiger partial charge < -0.3 is 4.74 Å². The number of aryl methyl sites for hydroxylation is 2. The summed E-state index contributed by atoms with van der Waals surface area (Å²) in [6, 6.07) is 24.6. The van der Waals surface area contributed by atoms with E-state index >= 15 is 0 Å². The average molecular weight is 399 g/mol. The van der Waals surface area contributed by atoms with Gasteiger partial charge in [0.2, 0.25) is 0 Å². The van der Waals surface area contributed by atoms with Crippen LogP contribution in [0.3, 0.4) is 0 Å². The monoisotopic (exact) mass is 398 g/mol. The quantitative estimate of drug-likeness (QED) is 0.647. The molecule has 0 atom stereocenters. The lowest BCUT2D eigenvalue weighted by Gasteiger charge is -2.27. The third-order valence-corrected chi connectivity index (χ3v) is 6.04. The molecule has 152 valence electrons. The second-order valence-electron chi connectivity index (χ2n) is 7.98. The van der Waals surface area contributed by atoms with Crippen molar-refractivity contribution in [2.75, 3.05) is 31.2 Å². The lowest BCUT2D eigenvalue weighted by atomic mass is 10.0. The van der Waals surface area contributed by atoms with E-state index in [-0.39, 0.29) is 5.91 Å². The Labute approximate surface area is 177 Å². The zero-order valence-electron chi connectivity index (χ0n) is 17.1. The summed E-state index contributed by atoms with van der Waals surface area (Å²) in [5.74, 6) is 0.0229. The minimum atomic E-state index is 0.0229. The Morgan fingerprint density at radius 2 is 1.33 bits per heavy atom. The fourth-order valence-corrected chi connectivity index (χ4v) is 4.40. The van der Waals surface area contributed by atoms with Gasteiger partial charge in [-0.15, -0.1) is 0 Å². The topological polar surface area (TPSA) is 32.8 Å². The summed E-state index contributed by atoms with van der Waals surface area (Å²) in [7, 11) is 0. The molecule has 1 fully saturated rings. The molecule has 30 heavy (non-hydrogen) atoms. The molecule has 2 heterocycles. The van der Waals surface area contributed by atoms with Crippen LogP contribution in [0.1, 0.15) is 27.0 Å². The highest BCUT2D eigenvalue weighted by Crippen LogP contribution is 2.37. The second kappa shape index (κ2) is 8.42. The standard InChI is InChI=1S/C26H26N2O2/c29-26(23-11-9-20(10-12-23)19-27-15-17-30-18-16-27)28-24-7-3-1-5-21(24)13-14-22-6-2-4-8-25(22)28/h1-12H,13-19H2. The van der Waals surface area contributed by atoms with Crippen LogP contribution in [-0.4, -0.2) is 37.1 Å². The zero-order chi connectivity index (χ0) is 20.3. The number of rotatable bonds is 3. The first-order chi connectivity index (χ1) is 14.8. The Balaban J connectivity index is 1.45. The number of hydrogen-bond acceptors (Lipinski definition) is 3. The van der Waals surface area contributed by atoms with Gasteiger partial charge in [-0.2, -0.15) is 0 Å². The maximum absolute atomic E-state index is 13.7. The zero-order valence-corrected chi connectivity index (χ0v) is 17.1. The maximum atomic E-state index is 13.7. The molecule has 1 saturated heterocycles. The third-order valence-electron chi connectivity index (χ3n) is 6.04. The lowest BCUT2D eigenvalue weighted by molar-refractivity contribution is 0.0342. The molecular formula is C26H26N2O2. The summed E-state index contributed by atoms with van der Waals surface area (Å²) in [4.78, 5) is 18.0. The minimum Gasteiger partial charge on any atom is -0.379 e. The van der Waals surface area contributed by atoms with Crippen LogP contribution in [0.15, 0.2) is 72.8 Å². The van der Waals surface area contributed by atoms with E-state index < -0.39 is 0 Å². The highest BCUT2D eigenvalue weighted by atomic mass is 16.5. The maximum Gasteiger partial charge on any atom is 0.262 e. The van der Waals surface area contributed by atoms with Gasteiger partial charge in [-0.25, -0.2) is 0 Å². The number of amides is 1. The molecule has 5 rings (SSSR count). The molecule has 0 bridgehead atoms. The van der Waals surface area contributed by atoms with Gasteiger partial charge in [0.15, 0.2) is 0 Å². The van der Waals surface area contributed by atoms with Gasteiger partial charge >= 0.3 is 0 Å². The number of nitrogens with zero attached hydrogens (tertiary/aromatic N) is 2. The van der Waals surface area contributed by atoms with Crippen LogP contribution in [0, 0.1) is 0 Å². The molecule has 0 unspecified atom stereocenters. The summed E-state index contributed by atoms with van der Waals surface area (Å²) >= 11 is 0. The Hall–Kier alpha value is -2.95. The first kappa shape index (κ1) is 19.0. The van der Waals surface area contributed by atoms with Crippen LogP contribution in [0.25, 0.3) is 0 Å². The number of ether oxygens (including phenoxy) is 1. The van der Waals surface area contributed by atoms with E-state index in [1.54, 1.807) is 0 Å². The van der Waals surface area contributed by atoms with E-state index in [4.69, 9.17) is 4.74 Å². The van der Waals surface area contributed by atoms with Gasteiger partial charge in [-0.05, 0) is 53.8 Å². The third kappa shape index (κ3) is 3.76. The summed E-state index contributed by atoms with van der Waals surface area (Å²) < 4.78 is 5.43. The van der Waals surface area contributed by atoms with Crippen LogP contribution < -0.4 is 4.90 Å².